The molecular formula is C16H20F3NO3. The molecule has 0 bridgehead atoms. The number of aliphatic carboxylic acids is 1. The number of ether oxygens (including phenoxy) is 1. The standard InChI is InChI=1S/C16H20F3NO3/c1-10(2)23-12-5-3-11(4-6-12)7-20-8-13(15(21)22)14(9-20)16(17,18)19/h3-6,10,13-14H,7-9H2,1-2H3,(H,21,22)/t13-,14-/m1/s1. The second kappa shape index (κ2) is 6.78. The van der Waals surface area contributed by atoms with Gasteiger partial charge in [-0.1, -0.05) is 12.1 Å². The number of carboxylic acid groups (broad SMARTS) is 1. The van der Waals surface area contributed by atoms with Crippen LogP contribution in [0.1, 0.15) is 19.4 Å². The Balaban J connectivity index is 2.02. The van der Waals surface area contributed by atoms with Gasteiger partial charge in [0.25, 0.3) is 0 Å². The van der Waals surface area contributed by atoms with E-state index >= 15 is 0 Å². The summed E-state index contributed by atoms with van der Waals surface area (Å²) in [5.41, 5.74) is 0.827. The highest BCUT2D eigenvalue weighted by molar-refractivity contribution is 5.71. The lowest BCUT2D eigenvalue weighted by Crippen LogP contribution is -2.33. The molecule has 1 aliphatic rings. The minimum Gasteiger partial charge on any atom is -0.491 e. The fourth-order valence-electron chi connectivity index (χ4n) is 2.80. The van der Waals surface area contributed by atoms with Crippen molar-refractivity contribution in [3.05, 3.63) is 29.8 Å². The molecule has 4 nitrogen and oxygen atoms in total. The van der Waals surface area contributed by atoms with Crippen LogP contribution in [0.15, 0.2) is 24.3 Å². The Labute approximate surface area is 132 Å². The highest BCUT2D eigenvalue weighted by atomic mass is 19.4. The van der Waals surface area contributed by atoms with Crippen molar-refractivity contribution >= 4 is 5.97 Å². The molecule has 1 aromatic rings. The van der Waals surface area contributed by atoms with E-state index in [1.54, 1.807) is 24.3 Å². The summed E-state index contributed by atoms with van der Waals surface area (Å²) in [5.74, 6) is -3.92. The summed E-state index contributed by atoms with van der Waals surface area (Å²) in [5, 5.41) is 9.01. The van der Waals surface area contributed by atoms with Crippen LogP contribution in [0.25, 0.3) is 0 Å². The van der Waals surface area contributed by atoms with E-state index in [9.17, 15) is 18.0 Å². The molecule has 0 spiro atoms. The third-order valence-corrected chi connectivity index (χ3v) is 3.83. The highest BCUT2D eigenvalue weighted by Crippen LogP contribution is 2.38. The number of nitrogens with zero attached hydrogens (tertiary/aromatic N) is 1. The van der Waals surface area contributed by atoms with Gasteiger partial charge in [-0.3, -0.25) is 9.69 Å². The van der Waals surface area contributed by atoms with Crippen LogP contribution in [0, 0.1) is 11.8 Å². The Hall–Kier alpha value is -1.76. The number of carbonyl (C=O) groups is 1. The summed E-state index contributed by atoms with van der Waals surface area (Å²) in [4.78, 5) is 12.6. The van der Waals surface area contributed by atoms with Gasteiger partial charge in [0.2, 0.25) is 0 Å². The molecule has 0 aromatic heterocycles. The average molecular weight is 331 g/mol. The maximum Gasteiger partial charge on any atom is 0.393 e. The molecule has 1 heterocycles. The van der Waals surface area contributed by atoms with E-state index < -0.39 is 24.0 Å². The predicted molar refractivity (Wildman–Crippen MR) is 78.2 cm³/mol. The first kappa shape index (κ1) is 17.6. The summed E-state index contributed by atoms with van der Waals surface area (Å²) in [7, 11) is 0. The summed E-state index contributed by atoms with van der Waals surface area (Å²) >= 11 is 0. The molecule has 1 N–H and O–H groups in total. The van der Waals surface area contributed by atoms with Crippen LogP contribution >= 0.6 is 0 Å². The fourth-order valence-corrected chi connectivity index (χ4v) is 2.80. The van der Waals surface area contributed by atoms with Crippen molar-refractivity contribution in [2.45, 2.75) is 32.7 Å². The first-order valence-corrected chi connectivity index (χ1v) is 7.44. The van der Waals surface area contributed by atoms with Crippen LogP contribution in [0.5, 0.6) is 5.75 Å². The largest absolute Gasteiger partial charge is 0.491 e. The van der Waals surface area contributed by atoms with Gasteiger partial charge in [-0.2, -0.15) is 13.2 Å². The molecule has 1 aliphatic heterocycles. The van der Waals surface area contributed by atoms with Crippen molar-refractivity contribution in [2.24, 2.45) is 11.8 Å². The highest BCUT2D eigenvalue weighted by Gasteiger charge is 2.52. The van der Waals surface area contributed by atoms with Crippen molar-refractivity contribution in [3.8, 4) is 5.75 Å². The number of benzene rings is 1. The Morgan fingerprint density at radius 2 is 1.91 bits per heavy atom. The summed E-state index contributed by atoms with van der Waals surface area (Å²) in [6.07, 6.45) is -4.45. The smallest absolute Gasteiger partial charge is 0.393 e. The van der Waals surface area contributed by atoms with E-state index in [0.29, 0.717) is 5.75 Å². The van der Waals surface area contributed by atoms with Gasteiger partial charge in [-0.15, -0.1) is 0 Å². The molecule has 1 aromatic carbocycles. The number of rotatable bonds is 5. The zero-order valence-electron chi connectivity index (χ0n) is 13.0. The molecule has 0 radical (unpaired) electrons. The minimum atomic E-state index is -4.49. The Morgan fingerprint density at radius 1 is 1.30 bits per heavy atom. The quantitative estimate of drug-likeness (QED) is 0.900. The van der Waals surface area contributed by atoms with Gasteiger partial charge in [0.1, 0.15) is 5.75 Å². The van der Waals surface area contributed by atoms with Gasteiger partial charge in [0.15, 0.2) is 0 Å². The molecule has 0 unspecified atom stereocenters. The van der Waals surface area contributed by atoms with E-state index in [1.165, 1.54) is 4.90 Å². The zero-order chi connectivity index (χ0) is 17.2. The number of hydrogen-bond donors (Lipinski definition) is 1. The third-order valence-electron chi connectivity index (χ3n) is 3.83. The van der Waals surface area contributed by atoms with E-state index in [1.807, 2.05) is 13.8 Å². The average Bonchev–Trinajstić information content (AvgIpc) is 2.84. The van der Waals surface area contributed by atoms with Crippen molar-refractivity contribution in [3.63, 3.8) is 0 Å². The lowest BCUT2D eigenvalue weighted by Gasteiger charge is -2.18. The van der Waals surface area contributed by atoms with E-state index in [0.717, 1.165) is 5.56 Å². The van der Waals surface area contributed by atoms with E-state index in [-0.39, 0.29) is 25.7 Å². The van der Waals surface area contributed by atoms with Crippen molar-refractivity contribution in [1.29, 1.82) is 0 Å². The van der Waals surface area contributed by atoms with Gasteiger partial charge in [0, 0.05) is 19.6 Å². The molecule has 23 heavy (non-hydrogen) atoms. The second-order valence-electron chi connectivity index (χ2n) is 6.10. The van der Waals surface area contributed by atoms with Crippen LogP contribution in [0.4, 0.5) is 13.2 Å². The van der Waals surface area contributed by atoms with Crippen LogP contribution in [0.3, 0.4) is 0 Å². The molecule has 0 amide bonds. The maximum atomic E-state index is 13.0. The first-order chi connectivity index (χ1) is 10.7. The second-order valence-corrected chi connectivity index (χ2v) is 6.10. The third kappa shape index (κ3) is 4.60. The normalized spacial score (nSPS) is 22.5. The minimum absolute atomic E-state index is 0.0447. The number of likely N-dealkylation sites (tertiary alicyclic amines) is 1. The van der Waals surface area contributed by atoms with Crippen LogP contribution in [-0.4, -0.2) is 41.3 Å². The molecular weight excluding hydrogens is 311 g/mol. The molecule has 2 rings (SSSR count). The summed E-state index contributed by atoms with van der Waals surface area (Å²) in [6, 6.07) is 7.10. The van der Waals surface area contributed by atoms with Crippen molar-refractivity contribution in [2.75, 3.05) is 13.1 Å². The van der Waals surface area contributed by atoms with Crippen LogP contribution < -0.4 is 4.74 Å². The molecule has 1 saturated heterocycles. The molecule has 0 aliphatic carbocycles. The summed E-state index contributed by atoms with van der Waals surface area (Å²) in [6.45, 7) is 3.72. The summed E-state index contributed by atoms with van der Waals surface area (Å²) < 4.78 is 44.4. The van der Waals surface area contributed by atoms with Gasteiger partial charge in [-0.05, 0) is 31.5 Å². The van der Waals surface area contributed by atoms with E-state index in [4.69, 9.17) is 9.84 Å². The Kier molecular flexibility index (Phi) is 5.19. The van der Waals surface area contributed by atoms with Crippen LogP contribution in [0.2, 0.25) is 0 Å². The number of alkyl halides is 3. The zero-order valence-corrected chi connectivity index (χ0v) is 13.0. The first-order valence-electron chi connectivity index (χ1n) is 7.44. The van der Waals surface area contributed by atoms with Crippen molar-refractivity contribution < 1.29 is 27.8 Å². The number of carboxylic acids is 1. The van der Waals surface area contributed by atoms with Crippen LogP contribution in [-0.2, 0) is 11.3 Å². The van der Waals surface area contributed by atoms with Gasteiger partial charge in [-0.25, -0.2) is 0 Å². The fraction of sp³-hybridized carbons (Fsp3) is 0.562. The number of halogens is 3. The van der Waals surface area contributed by atoms with Gasteiger partial charge in [0.05, 0.1) is 17.9 Å². The molecule has 128 valence electrons. The molecule has 0 saturated carbocycles. The van der Waals surface area contributed by atoms with Gasteiger partial charge >= 0.3 is 12.1 Å². The van der Waals surface area contributed by atoms with E-state index in [2.05, 4.69) is 0 Å². The SMILES string of the molecule is CC(C)Oc1ccc(CN2C[C@@H](C(F)(F)F)[C@H](C(=O)O)C2)cc1. The molecule has 7 heteroatoms. The Morgan fingerprint density at radius 3 is 2.35 bits per heavy atom. The Bertz CT molecular complexity index is 542. The lowest BCUT2D eigenvalue weighted by atomic mass is 9.96. The monoisotopic (exact) mass is 331 g/mol. The van der Waals surface area contributed by atoms with Crippen molar-refractivity contribution in [1.82, 2.24) is 4.90 Å². The topological polar surface area (TPSA) is 49.8 Å². The lowest BCUT2D eigenvalue weighted by molar-refractivity contribution is -0.188. The molecule has 2 atom stereocenters. The molecule has 1 fully saturated rings. The predicted octanol–water partition coefficient (Wildman–Crippen LogP) is 3.17. The van der Waals surface area contributed by atoms with Gasteiger partial charge < -0.3 is 9.84 Å². The number of hydrogen-bond acceptors (Lipinski definition) is 3. The maximum absolute atomic E-state index is 13.0.